The largest absolute Gasteiger partial charge is 0.457 e. The van der Waals surface area contributed by atoms with E-state index in [4.69, 9.17) is 4.74 Å². The minimum atomic E-state index is -0.130. The van der Waals surface area contributed by atoms with Crippen molar-refractivity contribution in [1.82, 2.24) is 15.2 Å². The highest BCUT2D eigenvalue weighted by Gasteiger charge is 2.26. The van der Waals surface area contributed by atoms with Gasteiger partial charge in [-0.15, -0.1) is 0 Å². The van der Waals surface area contributed by atoms with E-state index in [0.717, 1.165) is 0 Å². The van der Waals surface area contributed by atoms with Crippen LogP contribution in [0.5, 0.6) is 11.5 Å². The Kier molecular flexibility index (Phi) is 6.03. The number of pyridine rings is 1. The Morgan fingerprint density at radius 2 is 1.67 bits per heavy atom. The fourth-order valence-electron chi connectivity index (χ4n) is 3.51. The van der Waals surface area contributed by atoms with Gasteiger partial charge in [-0.05, 0) is 49.2 Å². The van der Waals surface area contributed by atoms with Gasteiger partial charge in [-0.3, -0.25) is 14.6 Å². The second-order valence-electron chi connectivity index (χ2n) is 7.19. The normalized spacial score (nSPS) is 14.2. The molecule has 1 aliphatic rings. The zero-order valence-electron chi connectivity index (χ0n) is 16.5. The van der Waals surface area contributed by atoms with Crippen LogP contribution in [0.25, 0.3) is 0 Å². The Hall–Kier alpha value is -3.67. The van der Waals surface area contributed by atoms with Crippen LogP contribution in [0.15, 0.2) is 79.1 Å². The third-order valence-corrected chi connectivity index (χ3v) is 5.13. The Morgan fingerprint density at radius 1 is 0.933 bits per heavy atom. The fraction of sp³-hybridized carbons (Fsp3) is 0.208. The third kappa shape index (κ3) is 4.66. The van der Waals surface area contributed by atoms with E-state index in [-0.39, 0.29) is 17.9 Å². The first-order valence-corrected chi connectivity index (χ1v) is 10.0. The summed E-state index contributed by atoms with van der Waals surface area (Å²) in [7, 11) is 0. The number of rotatable bonds is 5. The van der Waals surface area contributed by atoms with E-state index >= 15 is 0 Å². The van der Waals surface area contributed by atoms with Gasteiger partial charge in [0.2, 0.25) is 0 Å². The maximum Gasteiger partial charge on any atom is 0.257 e. The molecule has 1 aromatic heterocycles. The second kappa shape index (κ2) is 9.22. The maximum atomic E-state index is 13.1. The van der Waals surface area contributed by atoms with Crippen molar-refractivity contribution in [3.05, 3.63) is 90.3 Å². The van der Waals surface area contributed by atoms with Crippen molar-refractivity contribution in [3.63, 3.8) is 0 Å². The number of ether oxygens (including phenoxy) is 1. The van der Waals surface area contributed by atoms with Gasteiger partial charge in [0.25, 0.3) is 11.8 Å². The minimum Gasteiger partial charge on any atom is -0.457 e. The molecule has 0 radical (unpaired) electrons. The van der Waals surface area contributed by atoms with Gasteiger partial charge in [0.05, 0.1) is 11.1 Å². The molecule has 4 rings (SSSR count). The average molecular weight is 401 g/mol. The van der Waals surface area contributed by atoms with Gasteiger partial charge in [-0.1, -0.05) is 30.3 Å². The predicted molar refractivity (Wildman–Crippen MR) is 114 cm³/mol. The number of hydrogen-bond acceptors (Lipinski definition) is 4. The number of piperidine rings is 1. The zero-order chi connectivity index (χ0) is 20.8. The van der Waals surface area contributed by atoms with E-state index in [0.29, 0.717) is 48.6 Å². The van der Waals surface area contributed by atoms with E-state index in [1.54, 1.807) is 36.7 Å². The molecule has 3 aromatic rings. The predicted octanol–water partition coefficient (Wildman–Crippen LogP) is 3.91. The Labute approximate surface area is 175 Å². The van der Waals surface area contributed by atoms with Crippen molar-refractivity contribution in [2.24, 2.45) is 0 Å². The highest BCUT2D eigenvalue weighted by molar-refractivity contribution is 5.97. The first-order valence-electron chi connectivity index (χ1n) is 10.0. The van der Waals surface area contributed by atoms with Crippen LogP contribution in [0, 0.1) is 0 Å². The van der Waals surface area contributed by atoms with Crippen LogP contribution in [0.3, 0.4) is 0 Å². The van der Waals surface area contributed by atoms with Crippen LogP contribution in [0.1, 0.15) is 33.6 Å². The van der Waals surface area contributed by atoms with Gasteiger partial charge >= 0.3 is 0 Å². The number of hydrogen-bond donors (Lipinski definition) is 1. The number of likely N-dealkylation sites (tertiary alicyclic amines) is 1. The standard InChI is InChI=1S/C24H23N3O3/c28-23(18-7-6-14-25-17-18)26-19-12-15-27(16-13-19)24(29)21-10-4-5-11-22(21)30-20-8-2-1-3-9-20/h1-11,14,17,19H,12-13,15-16H2,(H,26,28). The Bertz CT molecular complexity index is 1000. The van der Waals surface area contributed by atoms with Crippen molar-refractivity contribution in [2.75, 3.05) is 13.1 Å². The Balaban J connectivity index is 1.37. The van der Waals surface area contributed by atoms with Crippen molar-refractivity contribution in [3.8, 4) is 11.5 Å². The van der Waals surface area contributed by atoms with E-state index in [1.165, 1.54) is 0 Å². The number of carbonyl (C=O) groups is 2. The summed E-state index contributed by atoms with van der Waals surface area (Å²) in [5, 5.41) is 3.04. The van der Waals surface area contributed by atoms with Gasteiger partial charge in [0.1, 0.15) is 11.5 Å². The van der Waals surface area contributed by atoms with Crippen LogP contribution in [-0.4, -0.2) is 40.8 Å². The van der Waals surface area contributed by atoms with E-state index in [2.05, 4.69) is 10.3 Å². The number of aromatic nitrogens is 1. The zero-order valence-corrected chi connectivity index (χ0v) is 16.5. The summed E-state index contributed by atoms with van der Waals surface area (Å²) in [5.74, 6) is 1.04. The molecule has 0 saturated carbocycles. The molecule has 0 bridgehead atoms. The lowest BCUT2D eigenvalue weighted by Gasteiger charge is -2.32. The number of carbonyl (C=O) groups excluding carboxylic acids is 2. The molecule has 0 spiro atoms. The summed E-state index contributed by atoms with van der Waals surface area (Å²) in [4.78, 5) is 31.2. The summed E-state index contributed by atoms with van der Waals surface area (Å²) in [6.07, 6.45) is 4.61. The number of amides is 2. The molecule has 1 fully saturated rings. The molecule has 0 aliphatic carbocycles. The van der Waals surface area contributed by atoms with Crippen molar-refractivity contribution in [1.29, 1.82) is 0 Å². The van der Waals surface area contributed by atoms with Crippen LogP contribution in [0.4, 0.5) is 0 Å². The molecule has 2 heterocycles. The molecule has 0 atom stereocenters. The monoisotopic (exact) mass is 401 g/mol. The first-order chi connectivity index (χ1) is 14.7. The number of benzene rings is 2. The molecule has 30 heavy (non-hydrogen) atoms. The SMILES string of the molecule is O=C(NC1CCN(C(=O)c2ccccc2Oc2ccccc2)CC1)c1cccnc1. The van der Waals surface area contributed by atoms with Gasteiger partial charge in [0, 0.05) is 31.5 Å². The van der Waals surface area contributed by atoms with Crippen LogP contribution >= 0.6 is 0 Å². The van der Waals surface area contributed by atoms with E-state index < -0.39 is 0 Å². The molecule has 6 nitrogen and oxygen atoms in total. The molecule has 0 unspecified atom stereocenters. The summed E-state index contributed by atoms with van der Waals surface area (Å²) in [6.45, 7) is 1.16. The fourth-order valence-corrected chi connectivity index (χ4v) is 3.51. The molecule has 1 saturated heterocycles. The molecular formula is C24H23N3O3. The van der Waals surface area contributed by atoms with Gasteiger partial charge in [-0.2, -0.15) is 0 Å². The van der Waals surface area contributed by atoms with Gasteiger partial charge in [0.15, 0.2) is 0 Å². The second-order valence-corrected chi connectivity index (χ2v) is 7.19. The molecular weight excluding hydrogens is 378 g/mol. The number of nitrogens with one attached hydrogen (secondary N) is 1. The van der Waals surface area contributed by atoms with E-state index in [9.17, 15) is 9.59 Å². The number of nitrogens with zero attached hydrogens (tertiary/aromatic N) is 2. The summed E-state index contributed by atoms with van der Waals surface area (Å²) < 4.78 is 5.93. The lowest BCUT2D eigenvalue weighted by molar-refractivity contribution is 0.0695. The topological polar surface area (TPSA) is 71.5 Å². The molecule has 1 N–H and O–H groups in total. The summed E-state index contributed by atoms with van der Waals surface area (Å²) in [5.41, 5.74) is 1.09. The van der Waals surface area contributed by atoms with Crippen molar-refractivity contribution >= 4 is 11.8 Å². The smallest absolute Gasteiger partial charge is 0.257 e. The van der Waals surface area contributed by atoms with E-state index in [1.807, 2.05) is 47.4 Å². The average Bonchev–Trinajstić information content (AvgIpc) is 2.81. The lowest BCUT2D eigenvalue weighted by atomic mass is 10.0. The molecule has 6 heteroatoms. The quantitative estimate of drug-likeness (QED) is 0.704. The van der Waals surface area contributed by atoms with Gasteiger partial charge in [-0.25, -0.2) is 0 Å². The van der Waals surface area contributed by atoms with Crippen LogP contribution < -0.4 is 10.1 Å². The maximum absolute atomic E-state index is 13.1. The highest BCUT2D eigenvalue weighted by atomic mass is 16.5. The van der Waals surface area contributed by atoms with Crippen LogP contribution in [0.2, 0.25) is 0 Å². The minimum absolute atomic E-state index is 0.0394. The molecule has 2 amide bonds. The van der Waals surface area contributed by atoms with Crippen LogP contribution in [-0.2, 0) is 0 Å². The summed E-state index contributed by atoms with van der Waals surface area (Å²) in [6, 6.07) is 20.2. The lowest BCUT2D eigenvalue weighted by Crippen LogP contribution is -2.46. The Morgan fingerprint density at radius 3 is 2.40 bits per heavy atom. The first kappa shape index (κ1) is 19.6. The van der Waals surface area contributed by atoms with Crippen molar-refractivity contribution < 1.29 is 14.3 Å². The molecule has 2 aromatic carbocycles. The highest BCUT2D eigenvalue weighted by Crippen LogP contribution is 2.27. The van der Waals surface area contributed by atoms with Gasteiger partial charge < -0.3 is 15.0 Å². The third-order valence-electron chi connectivity index (χ3n) is 5.13. The molecule has 1 aliphatic heterocycles. The summed E-state index contributed by atoms with van der Waals surface area (Å²) >= 11 is 0. The van der Waals surface area contributed by atoms with Crippen molar-refractivity contribution in [2.45, 2.75) is 18.9 Å². The number of para-hydroxylation sites is 2. The molecule has 152 valence electrons.